The lowest BCUT2D eigenvalue weighted by molar-refractivity contribution is 0.919. The van der Waals surface area contributed by atoms with Gasteiger partial charge in [0.05, 0.1) is 0 Å². The molecule has 0 saturated carbocycles. The van der Waals surface area contributed by atoms with Crippen LogP contribution in [0.4, 0.5) is 4.20 Å². The van der Waals surface area contributed by atoms with Crippen molar-refractivity contribution >= 4 is 8.23 Å². The van der Waals surface area contributed by atoms with E-state index in [9.17, 15) is 4.20 Å². The maximum atomic E-state index is 12.3. The van der Waals surface area contributed by atoms with Crippen LogP contribution in [0.3, 0.4) is 0 Å². The molecule has 0 heterocycles. The second-order valence-corrected chi connectivity index (χ2v) is 2.05. The molecule has 0 aliphatic heterocycles. The van der Waals surface area contributed by atoms with Crippen LogP contribution < -0.4 is 0 Å². The van der Waals surface area contributed by atoms with Crippen LogP contribution in [0.15, 0.2) is 0 Å². The Balaban J connectivity index is 4.04. The van der Waals surface area contributed by atoms with E-state index in [1.807, 2.05) is 11.8 Å². The van der Waals surface area contributed by atoms with E-state index in [0.717, 1.165) is 0 Å². The summed E-state index contributed by atoms with van der Waals surface area (Å²) in [6.45, 7) is 0. The molecule has 10 heavy (non-hydrogen) atoms. The van der Waals surface area contributed by atoms with Gasteiger partial charge in [0.25, 0.3) is 0 Å². The molecule has 0 unspecified atom stereocenters. The van der Waals surface area contributed by atoms with E-state index >= 15 is 0 Å². The summed E-state index contributed by atoms with van der Waals surface area (Å²) in [5, 5.41) is 0. The second kappa shape index (κ2) is 5.73. The molecule has 0 nitrogen and oxygen atoms in total. The zero-order chi connectivity index (χ0) is 7.82. The van der Waals surface area contributed by atoms with E-state index in [1.165, 1.54) is 0 Å². The first kappa shape index (κ1) is 8.60. The maximum Gasteiger partial charge on any atom is 0.239 e. The fourth-order valence-corrected chi connectivity index (χ4v) is 0.572. The predicted molar refractivity (Wildman–Crippen MR) is 41.2 cm³/mol. The van der Waals surface area contributed by atoms with Crippen LogP contribution in [0, 0.1) is 47.9 Å². The Labute approximate surface area is 61.1 Å². The normalized spacial score (nSPS) is 5.60. The lowest BCUT2D eigenvalue weighted by Crippen LogP contribution is -1.52. The van der Waals surface area contributed by atoms with Gasteiger partial charge in [-0.1, -0.05) is 0 Å². The van der Waals surface area contributed by atoms with Gasteiger partial charge in [-0.2, -0.15) is 4.20 Å². The Bertz CT molecular complexity index is 263. The molecule has 0 radical (unpaired) electrons. The minimum Gasteiger partial charge on any atom is -0.198 e. The van der Waals surface area contributed by atoms with Gasteiger partial charge in [0.1, 0.15) is 0 Å². The van der Waals surface area contributed by atoms with Crippen LogP contribution in [0.5, 0.6) is 0 Å². The smallest absolute Gasteiger partial charge is 0.198 e. The van der Waals surface area contributed by atoms with Crippen molar-refractivity contribution in [3.05, 3.63) is 0 Å². The van der Waals surface area contributed by atoms with Crippen LogP contribution in [0.1, 0.15) is 0 Å². The quantitative estimate of drug-likeness (QED) is 0.361. The third-order valence-electron chi connectivity index (χ3n) is 0.452. The number of terminal acetylenes is 2. The largest absolute Gasteiger partial charge is 0.239 e. The second-order valence-electron chi connectivity index (χ2n) is 1.04. The summed E-state index contributed by atoms with van der Waals surface area (Å²) in [6, 6.07) is 0. The molecular weight excluding hydrogens is 146 g/mol. The molecule has 0 aromatic rings. The van der Waals surface area contributed by atoms with Gasteiger partial charge in [0.2, 0.25) is 8.23 Å². The zero-order valence-corrected chi connectivity index (χ0v) is 5.87. The highest BCUT2D eigenvalue weighted by molar-refractivity contribution is 7.62. The fourth-order valence-electron chi connectivity index (χ4n) is 0.191. The summed E-state index contributed by atoms with van der Waals surface area (Å²) >= 11 is 0. The number of rotatable bonds is 0. The highest BCUT2D eigenvalue weighted by Crippen LogP contribution is 2.32. The van der Waals surface area contributed by atoms with Crippen molar-refractivity contribution < 1.29 is 4.20 Å². The van der Waals surface area contributed by atoms with Crippen molar-refractivity contribution in [3.63, 3.8) is 0 Å². The third-order valence-corrected chi connectivity index (χ3v) is 1.07. The van der Waals surface area contributed by atoms with Crippen molar-refractivity contribution in [1.82, 2.24) is 0 Å². The van der Waals surface area contributed by atoms with E-state index in [1.54, 1.807) is 0 Å². The van der Waals surface area contributed by atoms with Gasteiger partial charge in [0.15, 0.2) is 0 Å². The molecule has 0 saturated heterocycles. The molecule has 0 aromatic carbocycles. The van der Waals surface area contributed by atoms with Crippen LogP contribution in [0.2, 0.25) is 0 Å². The predicted octanol–water partition coefficient (Wildman–Crippen LogP) is 1.54. The molecule has 0 bridgehead atoms. The Morgan fingerprint density at radius 3 is 1.70 bits per heavy atom. The maximum absolute atomic E-state index is 12.3. The van der Waals surface area contributed by atoms with Crippen molar-refractivity contribution in [3.8, 4) is 47.9 Å². The summed E-state index contributed by atoms with van der Waals surface area (Å²) < 4.78 is 12.3. The first-order chi connectivity index (χ1) is 4.81. The first-order valence-electron chi connectivity index (χ1n) is 2.19. The van der Waals surface area contributed by atoms with Crippen LogP contribution in [0.25, 0.3) is 0 Å². The number of hydrogen-bond acceptors (Lipinski definition) is 0. The van der Waals surface area contributed by atoms with Gasteiger partial charge in [-0.3, -0.25) is 0 Å². The standard InChI is InChI=1S/C8H2FP/c1-3-5-7-10(9)8-6-4-2/h1-2H. The molecule has 2 heteroatoms. The van der Waals surface area contributed by atoms with E-state index in [4.69, 9.17) is 12.8 Å². The van der Waals surface area contributed by atoms with Gasteiger partial charge in [-0.05, 0) is 35.0 Å². The molecule has 0 rings (SSSR count). The van der Waals surface area contributed by atoms with Crippen molar-refractivity contribution in [2.45, 2.75) is 0 Å². The lowest BCUT2D eigenvalue weighted by atomic mass is 10.7. The van der Waals surface area contributed by atoms with Crippen LogP contribution >= 0.6 is 8.23 Å². The third kappa shape index (κ3) is 4.75. The summed E-state index contributed by atoms with van der Waals surface area (Å²) in [5.41, 5.74) is 4.22. The highest BCUT2D eigenvalue weighted by atomic mass is 31.2. The fraction of sp³-hybridized carbons (Fsp3) is 0. The number of halogens is 1. The van der Waals surface area contributed by atoms with Crippen molar-refractivity contribution in [2.75, 3.05) is 0 Å². The summed E-state index contributed by atoms with van der Waals surface area (Å²) in [4.78, 5) is 0. The Morgan fingerprint density at radius 1 is 1.00 bits per heavy atom. The van der Waals surface area contributed by atoms with E-state index in [0.29, 0.717) is 0 Å². The average molecular weight is 148 g/mol. The van der Waals surface area contributed by atoms with Gasteiger partial charge < -0.3 is 0 Å². The molecule has 0 aliphatic carbocycles. The SMILES string of the molecule is C#CC#CP(F)C#CC#C. The average Bonchev–Trinajstić information content (AvgIpc) is 1.97. The molecule has 0 amide bonds. The Morgan fingerprint density at radius 2 is 1.40 bits per heavy atom. The summed E-state index contributed by atoms with van der Waals surface area (Å²) in [5.74, 6) is 8.18. The summed E-state index contributed by atoms with van der Waals surface area (Å²) in [6.07, 6.45) is 9.47. The lowest BCUT2D eigenvalue weighted by Gasteiger charge is -1.77. The highest BCUT2D eigenvalue weighted by Gasteiger charge is 1.91. The first-order valence-corrected chi connectivity index (χ1v) is 3.43. The molecule has 0 fully saturated rings. The Hall–Kier alpha value is -1.40. The van der Waals surface area contributed by atoms with Gasteiger partial charge in [-0.25, -0.2) is 0 Å². The van der Waals surface area contributed by atoms with E-state index in [2.05, 4.69) is 23.2 Å². The van der Waals surface area contributed by atoms with Gasteiger partial charge >= 0.3 is 0 Å². The van der Waals surface area contributed by atoms with Gasteiger partial charge in [-0.15, -0.1) is 12.8 Å². The van der Waals surface area contributed by atoms with E-state index in [-0.39, 0.29) is 0 Å². The molecule has 0 spiro atoms. The topological polar surface area (TPSA) is 0 Å². The van der Waals surface area contributed by atoms with E-state index < -0.39 is 8.23 Å². The molecule has 0 atom stereocenters. The molecule has 46 valence electrons. The van der Waals surface area contributed by atoms with Crippen LogP contribution in [-0.2, 0) is 0 Å². The van der Waals surface area contributed by atoms with Crippen molar-refractivity contribution in [1.29, 1.82) is 0 Å². The van der Waals surface area contributed by atoms with Gasteiger partial charge in [0, 0.05) is 0 Å². The number of hydrogen-bond donors (Lipinski definition) is 0. The Kier molecular flexibility index (Phi) is 4.93. The molecular formula is C8H2FP. The van der Waals surface area contributed by atoms with Crippen LogP contribution in [-0.4, -0.2) is 0 Å². The molecule has 0 aliphatic rings. The minimum absolute atomic E-state index is 1.97. The minimum atomic E-state index is -2.10. The molecule has 0 N–H and O–H groups in total. The zero-order valence-electron chi connectivity index (χ0n) is 4.98. The van der Waals surface area contributed by atoms with Crippen molar-refractivity contribution in [2.24, 2.45) is 0 Å². The monoisotopic (exact) mass is 148 g/mol. The molecule has 0 aromatic heterocycles. The summed E-state index contributed by atoms with van der Waals surface area (Å²) in [7, 11) is -2.10.